The molecule has 1 heterocycles. The second-order valence-corrected chi connectivity index (χ2v) is 5.41. The SMILES string of the molecule is Cc1ccc(S(=O)(=O)O)cc1-n1ccn(C)c1=O. The largest absolute Gasteiger partial charge is 0.332 e. The fourth-order valence-electron chi connectivity index (χ4n) is 1.66. The molecule has 2 aromatic rings. The average molecular weight is 268 g/mol. The van der Waals surface area contributed by atoms with Gasteiger partial charge in [-0.05, 0) is 24.6 Å². The summed E-state index contributed by atoms with van der Waals surface area (Å²) in [4.78, 5) is 11.6. The molecule has 0 unspecified atom stereocenters. The van der Waals surface area contributed by atoms with Crippen LogP contribution in [0, 0.1) is 6.92 Å². The highest BCUT2D eigenvalue weighted by atomic mass is 32.2. The minimum absolute atomic E-state index is 0.237. The highest BCUT2D eigenvalue weighted by Crippen LogP contribution is 2.18. The van der Waals surface area contributed by atoms with Crippen molar-refractivity contribution in [2.75, 3.05) is 0 Å². The Morgan fingerprint density at radius 3 is 2.39 bits per heavy atom. The maximum absolute atomic E-state index is 11.8. The third-order valence-corrected chi connectivity index (χ3v) is 3.53. The molecule has 0 amide bonds. The Morgan fingerprint density at radius 2 is 1.89 bits per heavy atom. The second kappa shape index (κ2) is 4.11. The first-order valence-corrected chi connectivity index (χ1v) is 6.57. The van der Waals surface area contributed by atoms with Crippen LogP contribution in [0.3, 0.4) is 0 Å². The molecule has 7 heteroatoms. The van der Waals surface area contributed by atoms with Crippen molar-refractivity contribution in [2.45, 2.75) is 11.8 Å². The van der Waals surface area contributed by atoms with Crippen LogP contribution >= 0.6 is 0 Å². The fourth-order valence-corrected chi connectivity index (χ4v) is 2.16. The van der Waals surface area contributed by atoms with Crippen molar-refractivity contribution in [2.24, 2.45) is 7.05 Å². The lowest BCUT2D eigenvalue weighted by molar-refractivity contribution is 0.483. The molecule has 0 saturated carbocycles. The Morgan fingerprint density at radius 1 is 1.22 bits per heavy atom. The Balaban J connectivity index is 2.72. The van der Waals surface area contributed by atoms with Crippen LogP contribution in [-0.4, -0.2) is 22.1 Å². The van der Waals surface area contributed by atoms with E-state index in [0.29, 0.717) is 5.69 Å². The van der Waals surface area contributed by atoms with Gasteiger partial charge >= 0.3 is 5.69 Å². The summed E-state index contributed by atoms with van der Waals surface area (Å²) < 4.78 is 33.9. The summed E-state index contributed by atoms with van der Waals surface area (Å²) in [7, 11) is -2.68. The van der Waals surface area contributed by atoms with Crippen LogP contribution in [0.1, 0.15) is 5.56 Å². The molecule has 0 bridgehead atoms. The van der Waals surface area contributed by atoms with Gasteiger partial charge in [-0.15, -0.1) is 0 Å². The predicted molar refractivity (Wildman–Crippen MR) is 65.6 cm³/mol. The van der Waals surface area contributed by atoms with E-state index in [9.17, 15) is 13.2 Å². The first kappa shape index (κ1) is 12.6. The van der Waals surface area contributed by atoms with Crippen LogP contribution in [0.25, 0.3) is 5.69 Å². The van der Waals surface area contributed by atoms with E-state index in [2.05, 4.69) is 0 Å². The van der Waals surface area contributed by atoms with Gasteiger partial charge in [0.1, 0.15) is 0 Å². The topological polar surface area (TPSA) is 81.3 Å². The van der Waals surface area contributed by atoms with Crippen LogP contribution in [-0.2, 0) is 17.2 Å². The average Bonchev–Trinajstić information content (AvgIpc) is 2.59. The first-order valence-electron chi connectivity index (χ1n) is 5.13. The van der Waals surface area contributed by atoms with Crippen molar-refractivity contribution >= 4 is 10.1 Å². The van der Waals surface area contributed by atoms with Gasteiger partial charge in [-0.1, -0.05) is 6.07 Å². The molecule has 6 nitrogen and oxygen atoms in total. The summed E-state index contributed by atoms with van der Waals surface area (Å²) >= 11 is 0. The standard InChI is InChI=1S/C11H12N2O4S/c1-8-3-4-9(18(15,16)17)7-10(8)13-6-5-12(2)11(13)14/h3-7H,1-2H3,(H,15,16,17). The summed E-state index contributed by atoms with van der Waals surface area (Å²) in [5.41, 5.74) is 0.872. The Kier molecular flexibility index (Phi) is 2.88. The number of hydrogen-bond donors (Lipinski definition) is 1. The lowest BCUT2D eigenvalue weighted by Crippen LogP contribution is -2.21. The van der Waals surface area contributed by atoms with E-state index in [0.717, 1.165) is 5.56 Å². The molecule has 1 aromatic carbocycles. The van der Waals surface area contributed by atoms with E-state index >= 15 is 0 Å². The van der Waals surface area contributed by atoms with Crippen molar-refractivity contribution in [3.63, 3.8) is 0 Å². The molecule has 0 atom stereocenters. The van der Waals surface area contributed by atoms with Gasteiger partial charge in [0.15, 0.2) is 0 Å². The van der Waals surface area contributed by atoms with Crippen LogP contribution in [0.15, 0.2) is 40.3 Å². The number of aromatic nitrogens is 2. The van der Waals surface area contributed by atoms with Crippen LogP contribution in [0.2, 0.25) is 0 Å². The van der Waals surface area contributed by atoms with Crippen molar-refractivity contribution in [1.82, 2.24) is 9.13 Å². The molecule has 0 aliphatic carbocycles. The van der Waals surface area contributed by atoms with Gasteiger partial charge in [0.25, 0.3) is 10.1 Å². The third-order valence-electron chi connectivity index (χ3n) is 2.69. The van der Waals surface area contributed by atoms with E-state index < -0.39 is 10.1 Å². The number of nitrogens with zero attached hydrogens (tertiary/aromatic N) is 2. The molecule has 0 fully saturated rings. The minimum Gasteiger partial charge on any atom is -0.302 e. The van der Waals surface area contributed by atoms with Crippen LogP contribution < -0.4 is 5.69 Å². The van der Waals surface area contributed by atoms with Gasteiger partial charge < -0.3 is 4.57 Å². The molecule has 0 aliphatic heterocycles. The maximum Gasteiger partial charge on any atom is 0.332 e. The Bertz CT molecular complexity index is 756. The summed E-state index contributed by atoms with van der Waals surface area (Å²) in [6, 6.07) is 4.10. The monoisotopic (exact) mass is 268 g/mol. The quantitative estimate of drug-likeness (QED) is 0.814. The highest BCUT2D eigenvalue weighted by Gasteiger charge is 2.13. The predicted octanol–water partition coefficient (Wildman–Crippen LogP) is 0.731. The maximum atomic E-state index is 11.8. The fraction of sp³-hybridized carbons (Fsp3) is 0.182. The number of benzene rings is 1. The van der Waals surface area contributed by atoms with E-state index in [1.54, 1.807) is 26.4 Å². The summed E-state index contributed by atoms with van der Waals surface area (Å²) in [6.45, 7) is 1.75. The summed E-state index contributed by atoms with van der Waals surface area (Å²) in [5.74, 6) is 0. The van der Waals surface area contributed by atoms with Crippen LogP contribution in [0.4, 0.5) is 0 Å². The molecule has 0 radical (unpaired) electrons. The van der Waals surface area contributed by atoms with Gasteiger partial charge in [-0.3, -0.25) is 9.12 Å². The minimum atomic E-state index is -4.28. The zero-order valence-corrected chi connectivity index (χ0v) is 10.7. The van der Waals surface area contributed by atoms with Crippen molar-refractivity contribution < 1.29 is 13.0 Å². The third kappa shape index (κ3) is 2.09. The summed E-state index contributed by atoms with van der Waals surface area (Å²) in [6.07, 6.45) is 3.11. The zero-order valence-electron chi connectivity index (χ0n) is 9.86. The van der Waals surface area contributed by atoms with Crippen molar-refractivity contribution in [1.29, 1.82) is 0 Å². The number of rotatable bonds is 2. The molecule has 0 saturated heterocycles. The van der Waals surface area contributed by atoms with E-state index in [-0.39, 0.29) is 10.6 Å². The molecule has 0 aliphatic rings. The molecule has 96 valence electrons. The van der Waals surface area contributed by atoms with Gasteiger partial charge in [-0.2, -0.15) is 8.42 Å². The van der Waals surface area contributed by atoms with Gasteiger partial charge in [0, 0.05) is 19.4 Å². The van der Waals surface area contributed by atoms with Crippen molar-refractivity contribution in [3.05, 3.63) is 46.6 Å². The lowest BCUT2D eigenvalue weighted by atomic mass is 10.2. The van der Waals surface area contributed by atoms with E-state index in [1.165, 1.54) is 27.3 Å². The molecule has 18 heavy (non-hydrogen) atoms. The van der Waals surface area contributed by atoms with Crippen LogP contribution in [0.5, 0.6) is 0 Å². The second-order valence-electron chi connectivity index (χ2n) is 3.98. The zero-order chi connectivity index (χ0) is 13.5. The number of hydrogen-bond acceptors (Lipinski definition) is 3. The smallest absolute Gasteiger partial charge is 0.302 e. The Hall–Kier alpha value is -1.86. The van der Waals surface area contributed by atoms with E-state index in [1.807, 2.05) is 0 Å². The first-order chi connectivity index (χ1) is 8.30. The van der Waals surface area contributed by atoms with Gasteiger partial charge in [-0.25, -0.2) is 4.79 Å². The van der Waals surface area contributed by atoms with Gasteiger partial charge in [0.05, 0.1) is 10.6 Å². The lowest BCUT2D eigenvalue weighted by Gasteiger charge is -2.07. The van der Waals surface area contributed by atoms with Gasteiger partial charge in [0.2, 0.25) is 0 Å². The van der Waals surface area contributed by atoms with Crippen molar-refractivity contribution in [3.8, 4) is 5.69 Å². The number of aryl methyl sites for hydroxylation is 2. The molecule has 0 spiro atoms. The summed E-state index contributed by atoms with van der Waals surface area (Å²) in [5, 5.41) is 0. The molecule has 2 rings (SSSR count). The molecular weight excluding hydrogens is 256 g/mol. The molecular formula is C11H12N2O4S. The normalized spacial score (nSPS) is 11.7. The Labute approximate surface area is 104 Å². The highest BCUT2D eigenvalue weighted by molar-refractivity contribution is 7.85. The number of imidazole rings is 1. The molecule has 1 aromatic heterocycles. The van der Waals surface area contributed by atoms with E-state index in [4.69, 9.17) is 4.55 Å². The molecule has 1 N–H and O–H groups in total.